The first kappa shape index (κ1) is 18.5. The number of ether oxygens (including phenoxy) is 1. The molecule has 4 fully saturated rings. The number of rotatable bonds is 4. The summed E-state index contributed by atoms with van der Waals surface area (Å²) in [6.45, 7) is 7.43. The second-order valence-electron chi connectivity index (χ2n) is 7.86. The minimum absolute atomic E-state index is 0.0696. The molecule has 7 heteroatoms. The van der Waals surface area contributed by atoms with Gasteiger partial charge in [-0.2, -0.15) is 0 Å². The molecule has 2 amide bonds. The van der Waals surface area contributed by atoms with Gasteiger partial charge in [0.2, 0.25) is 0 Å². The average Bonchev–Trinajstić information content (AvgIpc) is 2.73. The summed E-state index contributed by atoms with van der Waals surface area (Å²) in [5.41, 5.74) is 0.729. The van der Waals surface area contributed by atoms with Crippen LogP contribution in [0, 0.1) is 11.7 Å². The zero-order chi connectivity index (χ0) is 18.8. The summed E-state index contributed by atoms with van der Waals surface area (Å²) >= 11 is 0. The molecule has 0 spiro atoms. The topological polar surface area (TPSA) is 48.1 Å². The molecular weight excluding hydrogens is 347 g/mol. The van der Waals surface area contributed by atoms with Gasteiger partial charge in [0.15, 0.2) is 11.6 Å². The predicted molar refractivity (Wildman–Crippen MR) is 101 cm³/mol. The molecular formula is C20H29FN4O2. The molecule has 5 rings (SSSR count). The summed E-state index contributed by atoms with van der Waals surface area (Å²) in [6.07, 6.45) is 2.65. The Hall–Kier alpha value is -1.86. The van der Waals surface area contributed by atoms with Crippen LogP contribution in [-0.2, 0) is 6.54 Å². The van der Waals surface area contributed by atoms with Gasteiger partial charge in [0.1, 0.15) is 0 Å². The lowest BCUT2D eigenvalue weighted by Crippen LogP contribution is -2.62. The third kappa shape index (κ3) is 4.04. The fourth-order valence-electron chi connectivity index (χ4n) is 4.71. The molecule has 27 heavy (non-hydrogen) atoms. The number of hydrogen-bond acceptors (Lipinski definition) is 4. The van der Waals surface area contributed by atoms with Gasteiger partial charge in [0, 0.05) is 45.3 Å². The fraction of sp³-hybridized carbons (Fsp3) is 0.650. The lowest BCUT2D eigenvalue weighted by atomic mass is 9.83. The smallest absolute Gasteiger partial charge is 0.317 e. The van der Waals surface area contributed by atoms with Crippen molar-refractivity contribution in [2.45, 2.75) is 25.4 Å². The van der Waals surface area contributed by atoms with Crippen LogP contribution < -0.4 is 10.1 Å². The van der Waals surface area contributed by atoms with Crippen molar-refractivity contribution in [2.75, 3.05) is 52.9 Å². The molecule has 4 aliphatic rings. The van der Waals surface area contributed by atoms with Crippen molar-refractivity contribution in [3.8, 4) is 5.75 Å². The first-order valence-corrected chi connectivity index (χ1v) is 9.95. The van der Waals surface area contributed by atoms with Crippen molar-refractivity contribution < 1.29 is 13.9 Å². The molecule has 0 saturated carbocycles. The third-order valence-electron chi connectivity index (χ3n) is 6.35. The first-order valence-electron chi connectivity index (χ1n) is 9.95. The Morgan fingerprint density at radius 1 is 1.19 bits per heavy atom. The largest absolute Gasteiger partial charge is 0.494 e. The molecule has 1 N–H and O–H groups in total. The number of methoxy groups -OCH3 is 1. The number of carbonyl (C=O) groups excluding carboxylic acids is 1. The van der Waals surface area contributed by atoms with E-state index in [0.29, 0.717) is 12.6 Å². The van der Waals surface area contributed by atoms with Crippen molar-refractivity contribution in [2.24, 2.45) is 5.92 Å². The zero-order valence-electron chi connectivity index (χ0n) is 16.0. The number of nitrogens with zero attached hydrogens (tertiary/aromatic N) is 3. The number of urea groups is 1. The maximum absolute atomic E-state index is 13.8. The highest BCUT2D eigenvalue weighted by atomic mass is 19.1. The Morgan fingerprint density at radius 3 is 2.52 bits per heavy atom. The van der Waals surface area contributed by atoms with Crippen LogP contribution in [0.1, 0.15) is 18.4 Å². The lowest BCUT2D eigenvalue weighted by Gasteiger charge is -2.50. The number of fused-ring (bicyclic) bond motifs is 3. The molecule has 148 valence electrons. The van der Waals surface area contributed by atoms with E-state index in [2.05, 4.69) is 15.1 Å². The van der Waals surface area contributed by atoms with Crippen LogP contribution >= 0.6 is 0 Å². The van der Waals surface area contributed by atoms with Crippen LogP contribution in [0.3, 0.4) is 0 Å². The van der Waals surface area contributed by atoms with Crippen LogP contribution in [0.4, 0.5) is 9.18 Å². The van der Waals surface area contributed by atoms with E-state index >= 15 is 0 Å². The van der Waals surface area contributed by atoms with Crippen molar-refractivity contribution in [1.82, 2.24) is 20.0 Å². The zero-order valence-corrected chi connectivity index (χ0v) is 16.0. The Bertz CT molecular complexity index is 670. The van der Waals surface area contributed by atoms with Gasteiger partial charge in [-0.1, -0.05) is 6.07 Å². The second kappa shape index (κ2) is 8.02. The van der Waals surface area contributed by atoms with E-state index < -0.39 is 5.82 Å². The first-order chi connectivity index (χ1) is 13.1. The van der Waals surface area contributed by atoms with Crippen LogP contribution in [0.15, 0.2) is 18.2 Å². The number of hydrogen-bond donors (Lipinski definition) is 1. The van der Waals surface area contributed by atoms with Crippen molar-refractivity contribution in [3.63, 3.8) is 0 Å². The molecule has 1 atom stereocenters. The van der Waals surface area contributed by atoms with Gasteiger partial charge in [0.25, 0.3) is 0 Å². The number of benzene rings is 1. The second-order valence-corrected chi connectivity index (χ2v) is 7.86. The number of halogens is 1. The minimum atomic E-state index is -0.407. The molecule has 1 aromatic carbocycles. The van der Waals surface area contributed by atoms with Crippen molar-refractivity contribution in [3.05, 3.63) is 29.6 Å². The Morgan fingerprint density at radius 2 is 1.93 bits per heavy atom. The van der Waals surface area contributed by atoms with E-state index in [0.717, 1.165) is 37.7 Å². The van der Waals surface area contributed by atoms with Gasteiger partial charge in [0.05, 0.1) is 7.11 Å². The maximum atomic E-state index is 13.8. The van der Waals surface area contributed by atoms with E-state index in [4.69, 9.17) is 4.74 Å². The third-order valence-corrected chi connectivity index (χ3v) is 6.35. The Labute approximate surface area is 160 Å². The van der Waals surface area contributed by atoms with Crippen molar-refractivity contribution >= 4 is 6.03 Å². The quantitative estimate of drug-likeness (QED) is 0.870. The average molecular weight is 376 g/mol. The highest BCUT2D eigenvalue weighted by molar-refractivity contribution is 5.74. The Balaban J connectivity index is 1.24. The molecule has 6 nitrogen and oxygen atoms in total. The van der Waals surface area contributed by atoms with E-state index in [1.54, 1.807) is 12.1 Å². The fourth-order valence-corrected chi connectivity index (χ4v) is 4.71. The molecule has 2 bridgehead atoms. The van der Waals surface area contributed by atoms with Gasteiger partial charge >= 0.3 is 6.03 Å². The monoisotopic (exact) mass is 376 g/mol. The summed E-state index contributed by atoms with van der Waals surface area (Å²) in [4.78, 5) is 19.5. The van der Waals surface area contributed by atoms with E-state index in [-0.39, 0.29) is 11.8 Å². The van der Waals surface area contributed by atoms with E-state index in [9.17, 15) is 9.18 Å². The van der Waals surface area contributed by atoms with Gasteiger partial charge < -0.3 is 19.9 Å². The van der Waals surface area contributed by atoms with Crippen LogP contribution in [0.25, 0.3) is 0 Å². The van der Waals surface area contributed by atoms with Gasteiger partial charge in [-0.15, -0.1) is 0 Å². The molecule has 0 radical (unpaired) electrons. The standard InChI is InChI=1S/C20H29FN4O2/c1-27-19-3-2-15(12-17(19)21)13-22-20(26)25-10-8-24(9-11-25)18-14-23-6-4-16(18)5-7-23/h2-3,12,16,18H,4-11,13-14H2,1H3,(H,22,26). The molecule has 0 aromatic heterocycles. The number of piperidine rings is 3. The number of carbonyl (C=O) groups is 1. The summed E-state index contributed by atoms with van der Waals surface area (Å²) in [5.74, 6) is 0.643. The normalized spacial score (nSPS) is 28.2. The van der Waals surface area contributed by atoms with Crippen molar-refractivity contribution in [1.29, 1.82) is 0 Å². The summed E-state index contributed by atoms with van der Waals surface area (Å²) in [7, 11) is 1.44. The van der Waals surface area contributed by atoms with Gasteiger partial charge in [-0.3, -0.25) is 4.90 Å². The van der Waals surface area contributed by atoms with Crippen LogP contribution in [-0.4, -0.2) is 79.7 Å². The molecule has 4 saturated heterocycles. The maximum Gasteiger partial charge on any atom is 0.317 e. The van der Waals surface area contributed by atoms with Gasteiger partial charge in [-0.05, 0) is 49.5 Å². The predicted octanol–water partition coefficient (Wildman–Crippen LogP) is 1.76. The van der Waals surface area contributed by atoms with Crippen LogP contribution in [0.2, 0.25) is 0 Å². The summed E-state index contributed by atoms with van der Waals surface area (Å²) in [5, 5.41) is 2.91. The SMILES string of the molecule is COc1ccc(CNC(=O)N2CCN(C3CN4CCC3CC4)CC2)cc1F. The Kier molecular flexibility index (Phi) is 5.50. The molecule has 4 aliphatic heterocycles. The van der Waals surface area contributed by atoms with Crippen LogP contribution in [0.5, 0.6) is 5.75 Å². The minimum Gasteiger partial charge on any atom is -0.494 e. The number of nitrogens with one attached hydrogen (secondary N) is 1. The highest BCUT2D eigenvalue weighted by Crippen LogP contribution is 2.31. The summed E-state index contributed by atoms with van der Waals surface area (Å²) in [6, 6.07) is 5.36. The lowest BCUT2D eigenvalue weighted by molar-refractivity contribution is -0.0103. The molecule has 0 aliphatic carbocycles. The number of piperazine rings is 1. The van der Waals surface area contributed by atoms with Gasteiger partial charge in [-0.25, -0.2) is 9.18 Å². The summed E-state index contributed by atoms with van der Waals surface area (Å²) < 4.78 is 18.7. The van der Waals surface area contributed by atoms with E-state index in [1.807, 2.05) is 4.90 Å². The molecule has 1 aromatic rings. The molecule has 1 unspecified atom stereocenters. The highest BCUT2D eigenvalue weighted by Gasteiger charge is 2.38. The number of amides is 2. The molecule has 4 heterocycles. The van der Waals surface area contributed by atoms with E-state index in [1.165, 1.54) is 45.7 Å².